The molecule has 6 heteroatoms. The van der Waals surface area contributed by atoms with Gasteiger partial charge in [-0.3, -0.25) is 4.79 Å². The molecule has 0 saturated heterocycles. The van der Waals surface area contributed by atoms with Crippen LogP contribution in [-0.2, 0) is 0 Å². The lowest BCUT2D eigenvalue weighted by atomic mass is 10.1. The SMILES string of the molecule is CCOc1cc(O)c(C(=O)/C=C/c2ccc(OCC)c(OCC)c2)c(OCC)c1. The Morgan fingerprint density at radius 2 is 1.45 bits per heavy atom. The van der Waals surface area contributed by atoms with E-state index in [0.717, 1.165) is 5.56 Å². The summed E-state index contributed by atoms with van der Waals surface area (Å²) in [5.74, 6) is 1.44. The first-order chi connectivity index (χ1) is 14.0. The molecule has 0 atom stereocenters. The molecule has 0 aliphatic carbocycles. The third-order valence-electron chi connectivity index (χ3n) is 3.91. The molecule has 0 aliphatic rings. The first kappa shape index (κ1) is 22.1. The van der Waals surface area contributed by atoms with E-state index in [1.165, 1.54) is 12.1 Å². The summed E-state index contributed by atoms with van der Waals surface area (Å²) in [6, 6.07) is 8.46. The van der Waals surface area contributed by atoms with Crippen molar-refractivity contribution in [2.45, 2.75) is 27.7 Å². The van der Waals surface area contributed by atoms with Gasteiger partial charge in [0.25, 0.3) is 0 Å². The highest BCUT2D eigenvalue weighted by Crippen LogP contribution is 2.35. The van der Waals surface area contributed by atoms with Crippen LogP contribution in [0.25, 0.3) is 6.08 Å². The van der Waals surface area contributed by atoms with Crippen molar-refractivity contribution >= 4 is 11.9 Å². The van der Waals surface area contributed by atoms with E-state index in [4.69, 9.17) is 18.9 Å². The van der Waals surface area contributed by atoms with Gasteiger partial charge < -0.3 is 24.1 Å². The second-order valence-corrected chi connectivity index (χ2v) is 5.95. The average Bonchev–Trinajstić information content (AvgIpc) is 2.68. The van der Waals surface area contributed by atoms with Crippen LogP contribution in [0.3, 0.4) is 0 Å². The number of rotatable bonds is 11. The van der Waals surface area contributed by atoms with Crippen LogP contribution in [-0.4, -0.2) is 37.3 Å². The maximum atomic E-state index is 12.8. The fourth-order valence-electron chi connectivity index (χ4n) is 2.77. The summed E-state index contributed by atoms with van der Waals surface area (Å²) >= 11 is 0. The quantitative estimate of drug-likeness (QED) is 0.428. The summed E-state index contributed by atoms with van der Waals surface area (Å²) in [7, 11) is 0. The number of ether oxygens (including phenoxy) is 4. The van der Waals surface area contributed by atoms with Gasteiger partial charge in [0, 0.05) is 12.1 Å². The minimum absolute atomic E-state index is 0.0996. The number of hydrogen-bond acceptors (Lipinski definition) is 6. The van der Waals surface area contributed by atoms with E-state index in [9.17, 15) is 9.90 Å². The summed E-state index contributed by atoms with van der Waals surface area (Å²) in [6.07, 6.45) is 3.05. The highest BCUT2D eigenvalue weighted by molar-refractivity contribution is 6.10. The molecule has 2 rings (SSSR count). The van der Waals surface area contributed by atoms with Crippen LogP contribution in [0.15, 0.2) is 36.4 Å². The zero-order chi connectivity index (χ0) is 21.2. The van der Waals surface area contributed by atoms with Crippen LogP contribution in [0.5, 0.6) is 28.7 Å². The molecule has 0 amide bonds. The Labute approximate surface area is 171 Å². The lowest BCUT2D eigenvalue weighted by Crippen LogP contribution is -2.03. The van der Waals surface area contributed by atoms with Gasteiger partial charge in [0.1, 0.15) is 22.8 Å². The largest absolute Gasteiger partial charge is 0.507 e. The maximum Gasteiger partial charge on any atom is 0.193 e. The molecule has 0 spiro atoms. The molecule has 0 saturated carbocycles. The van der Waals surface area contributed by atoms with Gasteiger partial charge in [0.05, 0.1) is 26.4 Å². The number of hydrogen-bond donors (Lipinski definition) is 1. The highest BCUT2D eigenvalue weighted by Gasteiger charge is 2.18. The van der Waals surface area contributed by atoms with Crippen molar-refractivity contribution in [1.82, 2.24) is 0 Å². The van der Waals surface area contributed by atoms with E-state index in [-0.39, 0.29) is 22.8 Å². The highest BCUT2D eigenvalue weighted by atomic mass is 16.5. The van der Waals surface area contributed by atoms with Gasteiger partial charge in [-0.25, -0.2) is 0 Å². The molecule has 0 bridgehead atoms. The Bertz CT molecular complexity index is 857. The number of phenols is 1. The number of carbonyl (C=O) groups is 1. The lowest BCUT2D eigenvalue weighted by Gasteiger charge is -2.13. The number of phenolic OH excluding ortho intramolecular Hbond substituents is 1. The number of allylic oxidation sites excluding steroid dienone is 1. The monoisotopic (exact) mass is 400 g/mol. The van der Waals surface area contributed by atoms with Gasteiger partial charge >= 0.3 is 0 Å². The summed E-state index contributed by atoms with van der Waals surface area (Å²) in [5, 5.41) is 10.4. The third-order valence-corrected chi connectivity index (χ3v) is 3.91. The van der Waals surface area contributed by atoms with E-state index in [1.807, 2.05) is 33.8 Å². The van der Waals surface area contributed by atoms with Crippen LogP contribution in [0, 0.1) is 0 Å². The van der Waals surface area contributed by atoms with Crippen molar-refractivity contribution in [3.63, 3.8) is 0 Å². The molecular weight excluding hydrogens is 372 g/mol. The van der Waals surface area contributed by atoms with Crippen molar-refractivity contribution in [3.05, 3.63) is 47.5 Å². The Balaban J connectivity index is 2.31. The average molecular weight is 400 g/mol. The molecule has 0 heterocycles. The number of ketones is 1. The maximum absolute atomic E-state index is 12.8. The molecule has 0 aromatic heterocycles. The summed E-state index contributed by atoms with van der Waals surface area (Å²) in [5.41, 5.74) is 0.871. The van der Waals surface area contributed by atoms with Gasteiger partial charge in [-0.15, -0.1) is 0 Å². The van der Waals surface area contributed by atoms with Gasteiger partial charge in [-0.2, -0.15) is 0 Å². The summed E-state index contributed by atoms with van der Waals surface area (Å²) in [4.78, 5) is 12.8. The van der Waals surface area contributed by atoms with E-state index in [0.29, 0.717) is 43.7 Å². The van der Waals surface area contributed by atoms with Crippen molar-refractivity contribution in [3.8, 4) is 28.7 Å². The molecule has 2 aromatic carbocycles. The predicted octanol–water partition coefficient (Wildman–Crippen LogP) is 4.88. The molecule has 0 unspecified atom stereocenters. The molecule has 156 valence electrons. The normalized spacial score (nSPS) is 10.8. The molecule has 29 heavy (non-hydrogen) atoms. The van der Waals surface area contributed by atoms with E-state index < -0.39 is 0 Å². The zero-order valence-corrected chi connectivity index (χ0v) is 17.4. The second kappa shape index (κ2) is 11.0. The molecular formula is C23H28O6. The van der Waals surface area contributed by atoms with Gasteiger partial charge in [0.15, 0.2) is 17.3 Å². The summed E-state index contributed by atoms with van der Waals surface area (Å²) < 4.78 is 22.1. The fourth-order valence-corrected chi connectivity index (χ4v) is 2.77. The van der Waals surface area contributed by atoms with Gasteiger partial charge in [0.2, 0.25) is 0 Å². The Hall–Kier alpha value is -3.15. The summed E-state index contributed by atoms with van der Waals surface area (Å²) in [6.45, 7) is 9.28. The van der Waals surface area contributed by atoms with Crippen molar-refractivity contribution in [2.24, 2.45) is 0 Å². The minimum atomic E-state index is -0.374. The Kier molecular flexibility index (Phi) is 8.40. The molecule has 2 aromatic rings. The van der Waals surface area contributed by atoms with Crippen molar-refractivity contribution in [2.75, 3.05) is 26.4 Å². The van der Waals surface area contributed by atoms with Crippen LogP contribution in [0.1, 0.15) is 43.6 Å². The molecule has 1 N–H and O–H groups in total. The van der Waals surface area contributed by atoms with Crippen molar-refractivity contribution < 1.29 is 28.8 Å². The third kappa shape index (κ3) is 5.91. The topological polar surface area (TPSA) is 74.2 Å². The minimum Gasteiger partial charge on any atom is -0.507 e. The number of aromatic hydroxyl groups is 1. The van der Waals surface area contributed by atoms with Crippen LogP contribution in [0.4, 0.5) is 0 Å². The Morgan fingerprint density at radius 3 is 2.10 bits per heavy atom. The fraction of sp³-hybridized carbons (Fsp3) is 0.348. The van der Waals surface area contributed by atoms with Crippen LogP contribution >= 0.6 is 0 Å². The molecule has 0 fully saturated rings. The number of carbonyl (C=O) groups excluding carboxylic acids is 1. The number of benzene rings is 2. The predicted molar refractivity (Wildman–Crippen MR) is 113 cm³/mol. The van der Waals surface area contributed by atoms with Crippen molar-refractivity contribution in [1.29, 1.82) is 0 Å². The van der Waals surface area contributed by atoms with Gasteiger partial charge in [-0.05, 0) is 51.5 Å². The molecule has 0 radical (unpaired) electrons. The molecule has 0 aliphatic heterocycles. The van der Waals surface area contributed by atoms with Gasteiger partial charge in [-0.1, -0.05) is 12.1 Å². The Morgan fingerprint density at radius 1 is 0.828 bits per heavy atom. The smallest absolute Gasteiger partial charge is 0.193 e. The van der Waals surface area contributed by atoms with E-state index >= 15 is 0 Å². The van der Waals surface area contributed by atoms with E-state index in [1.54, 1.807) is 24.3 Å². The van der Waals surface area contributed by atoms with Crippen LogP contribution < -0.4 is 18.9 Å². The van der Waals surface area contributed by atoms with Crippen LogP contribution in [0.2, 0.25) is 0 Å². The standard InChI is InChI=1S/C23H28O6/c1-5-26-17-14-19(25)23(22(15-17)29-8-4)18(24)11-9-16-10-12-20(27-6-2)21(13-16)28-7-3/h9-15,25H,5-8H2,1-4H3/b11-9+. The zero-order valence-electron chi connectivity index (χ0n) is 17.4. The first-order valence-electron chi connectivity index (χ1n) is 9.78. The second-order valence-electron chi connectivity index (χ2n) is 5.95. The van der Waals surface area contributed by atoms with E-state index in [2.05, 4.69) is 0 Å². The lowest BCUT2D eigenvalue weighted by molar-refractivity contribution is 0.104. The molecule has 6 nitrogen and oxygen atoms in total. The first-order valence-corrected chi connectivity index (χ1v) is 9.78.